The highest BCUT2D eigenvalue weighted by Crippen LogP contribution is 2.36. The number of Topliss-reactive ketones (excluding diaryl/α,β-unsaturated/α-hetero) is 1. The molecule has 0 saturated carbocycles. The van der Waals surface area contributed by atoms with Gasteiger partial charge in [0.15, 0.2) is 23.1 Å². The van der Waals surface area contributed by atoms with Gasteiger partial charge in [0, 0.05) is 54.1 Å². The Bertz CT molecular complexity index is 1960. The lowest BCUT2D eigenvalue weighted by molar-refractivity contribution is 0.0115. The van der Waals surface area contributed by atoms with Crippen LogP contribution in [0.5, 0.6) is 0 Å². The minimum Gasteiger partial charge on any atom is -0.321 e. The number of imidazole rings is 1. The van der Waals surface area contributed by atoms with Gasteiger partial charge >= 0.3 is 0 Å². The third kappa shape index (κ3) is 4.56. The van der Waals surface area contributed by atoms with E-state index in [0.717, 1.165) is 10.4 Å². The highest BCUT2D eigenvalue weighted by atomic mass is 32.1. The largest absolute Gasteiger partial charge is 0.321 e. The van der Waals surface area contributed by atoms with Crippen LogP contribution in [-0.2, 0) is 6.54 Å². The number of aromatic nitrogens is 7. The van der Waals surface area contributed by atoms with Crippen molar-refractivity contribution in [3.8, 4) is 33.2 Å². The lowest BCUT2D eigenvalue weighted by atomic mass is 10.1. The fourth-order valence-electron chi connectivity index (χ4n) is 5.14. The topological polar surface area (TPSA) is 116 Å². The molecule has 0 aliphatic carbocycles. The number of nitrogens with one attached hydrogen (secondary N) is 2. The van der Waals surface area contributed by atoms with E-state index in [1.807, 2.05) is 12.1 Å². The lowest BCUT2D eigenvalue weighted by Crippen LogP contribution is -2.24. The molecule has 0 spiro atoms. The fourth-order valence-corrected chi connectivity index (χ4v) is 6.07. The molecule has 0 bridgehead atoms. The van der Waals surface area contributed by atoms with Crippen molar-refractivity contribution >= 4 is 39.2 Å². The van der Waals surface area contributed by atoms with Crippen LogP contribution < -0.4 is 0 Å². The Balaban J connectivity index is 1.27. The number of fused-ring (bicyclic) bond motifs is 2. The van der Waals surface area contributed by atoms with E-state index in [2.05, 4.69) is 30.1 Å². The molecule has 1 fully saturated rings. The maximum Gasteiger partial charge on any atom is 0.261 e. The Morgan fingerprint density at radius 1 is 1.15 bits per heavy atom. The molecular formula is C28H21F3N8OS. The molecule has 2 N–H and O–H groups in total. The van der Waals surface area contributed by atoms with Crippen LogP contribution in [0.15, 0.2) is 49.1 Å². The highest BCUT2D eigenvalue weighted by Gasteiger charge is 2.38. The molecule has 0 radical (unpaired) electrons. The summed E-state index contributed by atoms with van der Waals surface area (Å²) in [5.41, 5.74) is 3.65. The number of nitrogens with zero attached hydrogens (tertiary/aromatic N) is 6. The smallest absolute Gasteiger partial charge is 0.261 e. The highest BCUT2D eigenvalue weighted by molar-refractivity contribution is 7.17. The van der Waals surface area contributed by atoms with Crippen molar-refractivity contribution in [2.24, 2.45) is 0 Å². The first-order valence-electron chi connectivity index (χ1n) is 12.8. The molecule has 41 heavy (non-hydrogen) atoms. The zero-order valence-corrected chi connectivity index (χ0v) is 22.4. The molecule has 1 aliphatic heterocycles. The SMILES string of the molecule is CC(=O)c1ccc(-c2ccnc3[nH]c(-c4n[nH]c5cnc(-c6cncc(CN7CCC(F)(F)C7)c6)c(F)c45)nc23)s1. The van der Waals surface area contributed by atoms with E-state index in [4.69, 9.17) is 4.98 Å². The van der Waals surface area contributed by atoms with E-state index < -0.39 is 11.7 Å². The average molecular weight is 575 g/mol. The molecule has 206 valence electrons. The van der Waals surface area contributed by atoms with Crippen LogP contribution >= 0.6 is 11.3 Å². The molecule has 9 nitrogen and oxygen atoms in total. The van der Waals surface area contributed by atoms with Crippen molar-refractivity contribution in [1.82, 2.24) is 40.0 Å². The molecule has 1 aliphatic rings. The van der Waals surface area contributed by atoms with E-state index in [-0.39, 0.29) is 48.6 Å². The minimum absolute atomic E-state index is 0.0181. The van der Waals surface area contributed by atoms with Crippen molar-refractivity contribution in [3.05, 3.63) is 65.3 Å². The number of pyridine rings is 3. The number of rotatable bonds is 6. The Morgan fingerprint density at radius 2 is 2.02 bits per heavy atom. The minimum atomic E-state index is -2.70. The van der Waals surface area contributed by atoms with Gasteiger partial charge in [-0.15, -0.1) is 11.3 Å². The molecule has 0 unspecified atom stereocenters. The molecule has 6 aromatic rings. The number of likely N-dealkylation sites (tertiary alicyclic amines) is 1. The first-order chi connectivity index (χ1) is 19.8. The van der Waals surface area contributed by atoms with Crippen LogP contribution in [-0.4, -0.2) is 64.8 Å². The molecule has 0 aromatic carbocycles. The van der Waals surface area contributed by atoms with Crippen molar-refractivity contribution < 1.29 is 18.0 Å². The summed E-state index contributed by atoms with van der Waals surface area (Å²) in [6.45, 7) is 1.77. The number of carbonyl (C=O) groups is 1. The third-order valence-corrected chi connectivity index (χ3v) is 8.31. The summed E-state index contributed by atoms with van der Waals surface area (Å²) in [5.74, 6) is -3.02. The Kier molecular flexibility index (Phi) is 5.94. The zero-order valence-electron chi connectivity index (χ0n) is 21.6. The summed E-state index contributed by atoms with van der Waals surface area (Å²) in [6, 6.07) is 7.17. The number of ketones is 1. The first kappa shape index (κ1) is 25.5. The fraction of sp³-hybridized carbons (Fsp3) is 0.214. The van der Waals surface area contributed by atoms with E-state index in [1.54, 1.807) is 29.4 Å². The van der Waals surface area contributed by atoms with E-state index in [1.165, 1.54) is 30.7 Å². The van der Waals surface area contributed by atoms with E-state index >= 15 is 4.39 Å². The molecule has 7 heterocycles. The Labute approximate surface area is 234 Å². The average Bonchev–Trinajstić information content (AvgIpc) is 3.74. The molecule has 6 aromatic heterocycles. The van der Waals surface area contributed by atoms with Gasteiger partial charge in [0.05, 0.1) is 28.5 Å². The van der Waals surface area contributed by atoms with E-state index in [9.17, 15) is 13.6 Å². The molecule has 0 atom stereocenters. The number of hydrogen-bond donors (Lipinski definition) is 2. The summed E-state index contributed by atoms with van der Waals surface area (Å²) in [7, 11) is 0. The van der Waals surface area contributed by atoms with Crippen LogP contribution in [0, 0.1) is 5.82 Å². The van der Waals surface area contributed by atoms with Crippen molar-refractivity contribution in [2.75, 3.05) is 13.1 Å². The number of H-pyrrole nitrogens is 2. The number of aromatic amines is 2. The van der Waals surface area contributed by atoms with Gasteiger partial charge in [-0.25, -0.2) is 23.1 Å². The van der Waals surface area contributed by atoms with Crippen molar-refractivity contribution in [1.29, 1.82) is 0 Å². The lowest BCUT2D eigenvalue weighted by Gasteiger charge is -2.15. The number of thiophene rings is 1. The predicted octanol–water partition coefficient (Wildman–Crippen LogP) is 5.87. The van der Waals surface area contributed by atoms with Gasteiger partial charge in [-0.3, -0.25) is 24.8 Å². The second-order valence-electron chi connectivity index (χ2n) is 10.0. The van der Waals surface area contributed by atoms with Crippen LogP contribution in [0.3, 0.4) is 0 Å². The predicted molar refractivity (Wildman–Crippen MR) is 148 cm³/mol. The van der Waals surface area contributed by atoms with Gasteiger partial charge in [0.2, 0.25) is 0 Å². The molecule has 0 amide bonds. The number of carbonyl (C=O) groups excluding carboxylic acids is 1. The van der Waals surface area contributed by atoms with E-state index in [0.29, 0.717) is 38.5 Å². The third-order valence-electron chi connectivity index (χ3n) is 7.10. The molecule has 13 heteroatoms. The van der Waals surface area contributed by atoms with Gasteiger partial charge in [-0.1, -0.05) is 0 Å². The standard InChI is InChI=1S/C28H21F3N8OS/c1-14(40)19-2-3-20(41-19)17-4-6-33-26-24(17)35-27(36-26)25-21-18(37-38-25)11-34-23(22(21)29)16-8-15(9-32-10-16)12-39-7-5-28(30,31)13-39/h2-4,6,8-11H,5,7,12-13H2,1H3,(H,37,38)(H,33,35,36). The Morgan fingerprint density at radius 3 is 2.80 bits per heavy atom. The maximum absolute atomic E-state index is 16.1. The molecule has 7 rings (SSSR count). The quantitative estimate of drug-likeness (QED) is 0.239. The van der Waals surface area contributed by atoms with Gasteiger partial charge in [0.1, 0.15) is 16.9 Å². The van der Waals surface area contributed by atoms with Gasteiger partial charge in [-0.05, 0) is 36.8 Å². The summed E-state index contributed by atoms with van der Waals surface area (Å²) < 4.78 is 43.4. The zero-order chi connectivity index (χ0) is 28.3. The monoisotopic (exact) mass is 574 g/mol. The second-order valence-corrected chi connectivity index (χ2v) is 11.1. The van der Waals surface area contributed by atoms with Gasteiger partial charge in [-0.2, -0.15) is 5.10 Å². The molecular weight excluding hydrogens is 553 g/mol. The molecule has 1 saturated heterocycles. The Hall–Kier alpha value is -4.49. The van der Waals surface area contributed by atoms with Crippen LogP contribution in [0.4, 0.5) is 13.2 Å². The van der Waals surface area contributed by atoms with Crippen LogP contribution in [0.1, 0.15) is 28.6 Å². The summed E-state index contributed by atoms with van der Waals surface area (Å²) in [5, 5.41) is 7.33. The van der Waals surface area contributed by atoms with Crippen LogP contribution in [0.25, 0.3) is 55.3 Å². The summed E-state index contributed by atoms with van der Waals surface area (Å²) in [4.78, 5) is 35.7. The number of hydrogen-bond acceptors (Lipinski definition) is 8. The maximum atomic E-state index is 16.1. The number of halogens is 3. The van der Waals surface area contributed by atoms with Gasteiger partial charge < -0.3 is 4.98 Å². The first-order valence-corrected chi connectivity index (χ1v) is 13.6. The van der Waals surface area contributed by atoms with Gasteiger partial charge in [0.25, 0.3) is 5.92 Å². The van der Waals surface area contributed by atoms with Crippen LogP contribution in [0.2, 0.25) is 0 Å². The second kappa shape index (κ2) is 9.56. The van der Waals surface area contributed by atoms with Crippen molar-refractivity contribution in [3.63, 3.8) is 0 Å². The summed E-state index contributed by atoms with van der Waals surface area (Å²) >= 11 is 1.36. The van der Waals surface area contributed by atoms with Crippen molar-refractivity contribution in [2.45, 2.75) is 25.8 Å². The number of alkyl halides is 2. The summed E-state index contributed by atoms with van der Waals surface area (Å²) in [6.07, 6.45) is 6.03. The normalized spacial score (nSPS) is 15.3.